The lowest BCUT2D eigenvalue weighted by Gasteiger charge is -2.26. The highest BCUT2D eigenvalue weighted by Crippen LogP contribution is 2.15. The Bertz CT molecular complexity index is 148. The first-order valence-electron chi connectivity index (χ1n) is 6.91. The van der Waals surface area contributed by atoms with Crippen LogP contribution in [0.5, 0.6) is 0 Å². The van der Waals surface area contributed by atoms with Gasteiger partial charge in [-0.3, -0.25) is 0 Å². The zero-order chi connectivity index (χ0) is 12.4. The van der Waals surface area contributed by atoms with Gasteiger partial charge < -0.3 is 10.1 Å². The van der Waals surface area contributed by atoms with Gasteiger partial charge in [-0.05, 0) is 25.3 Å². The molecule has 0 aliphatic carbocycles. The molecule has 0 aromatic heterocycles. The minimum Gasteiger partial charge on any atom is -0.380 e. The molecule has 0 heterocycles. The van der Waals surface area contributed by atoms with E-state index in [-0.39, 0.29) is 0 Å². The van der Waals surface area contributed by atoms with E-state index >= 15 is 0 Å². The predicted molar refractivity (Wildman–Crippen MR) is 71.9 cm³/mol. The van der Waals surface area contributed by atoms with Crippen molar-refractivity contribution in [1.82, 2.24) is 5.32 Å². The summed E-state index contributed by atoms with van der Waals surface area (Å²) in [7, 11) is 1.84. The molecule has 0 aliphatic rings. The summed E-state index contributed by atoms with van der Waals surface area (Å²) in [4.78, 5) is 0. The zero-order valence-electron chi connectivity index (χ0n) is 11.9. The van der Waals surface area contributed by atoms with Crippen molar-refractivity contribution in [3.05, 3.63) is 0 Å². The molecule has 2 heteroatoms. The molecule has 0 aliphatic heterocycles. The van der Waals surface area contributed by atoms with Crippen molar-refractivity contribution >= 4 is 0 Å². The second kappa shape index (κ2) is 10.1. The number of ether oxygens (including phenoxy) is 1. The van der Waals surface area contributed by atoms with Gasteiger partial charge >= 0.3 is 0 Å². The van der Waals surface area contributed by atoms with Crippen molar-refractivity contribution in [1.29, 1.82) is 0 Å². The predicted octanol–water partition coefficient (Wildman–Crippen LogP) is 3.61. The second-order valence-electron chi connectivity index (χ2n) is 5.05. The first-order valence-corrected chi connectivity index (χ1v) is 6.91. The van der Waals surface area contributed by atoms with Gasteiger partial charge in [0.15, 0.2) is 0 Å². The Morgan fingerprint density at radius 3 is 2.19 bits per heavy atom. The van der Waals surface area contributed by atoms with Crippen LogP contribution in [0.3, 0.4) is 0 Å². The number of hydrogen-bond acceptors (Lipinski definition) is 2. The van der Waals surface area contributed by atoms with E-state index in [9.17, 15) is 0 Å². The molecular weight excluding hydrogens is 198 g/mol. The van der Waals surface area contributed by atoms with E-state index in [0.717, 1.165) is 18.9 Å². The Morgan fingerprint density at radius 1 is 1.06 bits per heavy atom. The van der Waals surface area contributed by atoms with Crippen molar-refractivity contribution in [3.63, 3.8) is 0 Å². The first-order chi connectivity index (χ1) is 7.65. The van der Waals surface area contributed by atoms with E-state index in [1.54, 1.807) is 0 Å². The maximum absolute atomic E-state index is 5.60. The van der Waals surface area contributed by atoms with Crippen LogP contribution in [0.15, 0.2) is 0 Å². The van der Waals surface area contributed by atoms with Crippen LogP contribution < -0.4 is 5.32 Å². The Morgan fingerprint density at radius 2 is 1.75 bits per heavy atom. The molecule has 2 nitrogen and oxygen atoms in total. The molecule has 0 rings (SSSR count). The lowest BCUT2D eigenvalue weighted by atomic mass is 9.97. The fourth-order valence-electron chi connectivity index (χ4n) is 2.20. The minimum absolute atomic E-state index is 0.386. The largest absolute Gasteiger partial charge is 0.380 e. The second-order valence-corrected chi connectivity index (χ2v) is 5.05. The Balaban J connectivity index is 4.01. The summed E-state index contributed by atoms with van der Waals surface area (Å²) >= 11 is 0. The molecule has 0 radical (unpaired) electrons. The lowest BCUT2D eigenvalue weighted by Crippen LogP contribution is -2.40. The summed E-state index contributed by atoms with van der Waals surface area (Å²) in [5.41, 5.74) is 0. The van der Waals surface area contributed by atoms with E-state index in [2.05, 4.69) is 33.0 Å². The Kier molecular flexibility index (Phi) is 10.0. The molecule has 98 valence electrons. The average molecular weight is 229 g/mol. The molecule has 2 atom stereocenters. The molecule has 0 bridgehead atoms. The molecule has 16 heavy (non-hydrogen) atoms. The number of methoxy groups -OCH3 is 1. The lowest BCUT2D eigenvalue weighted by molar-refractivity contribution is 0.0575. The molecule has 0 spiro atoms. The van der Waals surface area contributed by atoms with Gasteiger partial charge in [-0.2, -0.15) is 0 Å². The monoisotopic (exact) mass is 229 g/mol. The SMILES string of the molecule is CCCC(OC)C(CCCC(C)C)NCC. The summed E-state index contributed by atoms with van der Waals surface area (Å²) in [6.07, 6.45) is 6.62. The van der Waals surface area contributed by atoms with E-state index in [4.69, 9.17) is 4.74 Å². The fourth-order valence-corrected chi connectivity index (χ4v) is 2.20. The van der Waals surface area contributed by atoms with Gasteiger partial charge in [0, 0.05) is 13.2 Å². The normalized spacial score (nSPS) is 15.4. The van der Waals surface area contributed by atoms with E-state index < -0.39 is 0 Å². The van der Waals surface area contributed by atoms with Gasteiger partial charge in [-0.15, -0.1) is 0 Å². The van der Waals surface area contributed by atoms with Crippen molar-refractivity contribution in [2.24, 2.45) is 5.92 Å². The van der Waals surface area contributed by atoms with Crippen LogP contribution in [0, 0.1) is 5.92 Å². The molecule has 0 aromatic rings. The topological polar surface area (TPSA) is 21.3 Å². The van der Waals surface area contributed by atoms with Crippen LogP contribution in [-0.2, 0) is 4.74 Å². The van der Waals surface area contributed by atoms with Gasteiger partial charge in [-0.25, -0.2) is 0 Å². The van der Waals surface area contributed by atoms with Crippen LogP contribution in [0.4, 0.5) is 0 Å². The molecule has 0 aromatic carbocycles. The highest BCUT2D eigenvalue weighted by Gasteiger charge is 2.18. The highest BCUT2D eigenvalue weighted by atomic mass is 16.5. The average Bonchev–Trinajstić information content (AvgIpc) is 2.24. The van der Waals surface area contributed by atoms with Crippen molar-refractivity contribution in [3.8, 4) is 0 Å². The first kappa shape index (κ1) is 15.9. The fraction of sp³-hybridized carbons (Fsp3) is 1.00. The van der Waals surface area contributed by atoms with Gasteiger partial charge in [0.25, 0.3) is 0 Å². The number of hydrogen-bond donors (Lipinski definition) is 1. The molecule has 2 unspecified atom stereocenters. The van der Waals surface area contributed by atoms with Gasteiger partial charge in [0.2, 0.25) is 0 Å². The van der Waals surface area contributed by atoms with Crippen LogP contribution in [0.1, 0.15) is 59.8 Å². The molecule has 0 amide bonds. The molecule has 0 saturated heterocycles. The molecule has 0 saturated carbocycles. The third-order valence-corrected chi connectivity index (χ3v) is 3.09. The summed E-state index contributed by atoms with van der Waals surface area (Å²) < 4.78 is 5.60. The van der Waals surface area contributed by atoms with E-state index in [1.165, 1.54) is 25.7 Å². The summed E-state index contributed by atoms with van der Waals surface area (Å²) in [5, 5.41) is 3.57. The summed E-state index contributed by atoms with van der Waals surface area (Å²) in [5.74, 6) is 0.814. The van der Waals surface area contributed by atoms with Crippen LogP contribution in [0.2, 0.25) is 0 Å². The van der Waals surface area contributed by atoms with Crippen molar-refractivity contribution in [2.45, 2.75) is 71.9 Å². The standard InChI is InChI=1S/C14H31NO/c1-6-9-14(16-5)13(15-7-2)11-8-10-12(3)4/h12-15H,6-11H2,1-5H3. The Hall–Kier alpha value is -0.0800. The van der Waals surface area contributed by atoms with Crippen molar-refractivity contribution < 1.29 is 4.74 Å². The third kappa shape index (κ3) is 7.24. The molecule has 0 fully saturated rings. The van der Waals surface area contributed by atoms with Gasteiger partial charge in [0.1, 0.15) is 0 Å². The molecule has 1 N–H and O–H groups in total. The summed E-state index contributed by atoms with van der Waals surface area (Å²) in [6, 6.07) is 0.536. The number of rotatable bonds is 10. The third-order valence-electron chi connectivity index (χ3n) is 3.09. The van der Waals surface area contributed by atoms with Crippen molar-refractivity contribution in [2.75, 3.05) is 13.7 Å². The quantitative estimate of drug-likeness (QED) is 0.618. The van der Waals surface area contributed by atoms with Gasteiger partial charge in [-0.1, -0.05) is 47.0 Å². The number of nitrogens with one attached hydrogen (secondary N) is 1. The van der Waals surface area contributed by atoms with Crippen LogP contribution in [-0.4, -0.2) is 25.8 Å². The zero-order valence-corrected chi connectivity index (χ0v) is 11.9. The maximum atomic E-state index is 5.60. The van der Waals surface area contributed by atoms with Crippen LogP contribution in [0.25, 0.3) is 0 Å². The van der Waals surface area contributed by atoms with Gasteiger partial charge in [0.05, 0.1) is 6.10 Å². The maximum Gasteiger partial charge on any atom is 0.0724 e. The van der Waals surface area contributed by atoms with Crippen LogP contribution >= 0.6 is 0 Å². The molecular formula is C14H31NO. The van der Waals surface area contributed by atoms with E-state index in [0.29, 0.717) is 12.1 Å². The Labute approximate surface area is 102 Å². The summed E-state index contributed by atoms with van der Waals surface area (Å²) in [6.45, 7) is 10.0. The minimum atomic E-state index is 0.386. The highest BCUT2D eigenvalue weighted by molar-refractivity contribution is 4.76. The smallest absolute Gasteiger partial charge is 0.0724 e. The number of likely N-dealkylation sites (N-methyl/N-ethyl adjacent to an activating group) is 1. The van der Waals surface area contributed by atoms with E-state index in [1.807, 2.05) is 7.11 Å².